The van der Waals surface area contributed by atoms with Gasteiger partial charge >= 0.3 is 0 Å². The molecule has 0 bridgehead atoms. The van der Waals surface area contributed by atoms with Gasteiger partial charge in [0.05, 0.1) is 0 Å². The highest BCUT2D eigenvalue weighted by molar-refractivity contribution is 5.20. The van der Waals surface area contributed by atoms with Crippen LogP contribution in [0.1, 0.15) is 11.1 Å². The highest BCUT2D eigenvalue weighted by Crippen LogP contribution is 2.00. The van der Waals surface area contributed by atoms with Crippen molar-refractivity contribution in [3.8, 4) is 0 Å². The Morgan fingerprint density at radius 2 is 1.38 bits per heavy atom. The van der Waals surface area contributed by atoms with Gasteiger partial charge in [-0.15, -0.1) is 0 Å². The lowest BCUT2D eigenvalue weighted by Crippen LogP contribution is -1.94. The first-order valence-corrected chi connectivity index (χ1v) is 3.98. The minimum absolute atomic E-state index is 0.639. The van der Waals surface area contributed by atoms with Gasteiger partial charge in [0.25, 0.3) is 0 Å². The number of hydrogen-bond donors (Lipinski definition) is 3. The van der Waals surface area contributed by atoms with Crippen molar-refractivity contribution >= 4 is 0 Å². The fourth-order valence-electron chi connectivity index (χ4n) is 0.724. The van der Waals surface area contributed by atoms with Crippen molar-refractivity contribution in [1.82, 2.24) is 0 Å². The second kappa shape index (κ2) is 11.1. The molecule has 0 heterocycles. The first-order valence-electron chi connectivity index (χ1n) is 3.98. The second-order valence-electron chi connectivity index (χ2n) is 2.19. The van der Waals surface area contributed by atoms with Gasteiger partial charge in [-0.1, -0.05) is 29.8 Å². The Morgan fingerprint density at radius 1 is 1.00 bits per heavy atom. The van der Waals surface area contributed by atoms with Gasteiger partial charge in [-0.25, -0.2) is 0 Å². The van der Waals surface area contributed by atoms with Crippen molar-refractivity contribution in [2.75, 3.05) is 14.2 Å². The molecule has 0 aromatic heterocycles. The number of aryl methyl sites for hydroxylation is 1. The van der Waals surface area contributed by atoms with Crippen molar-refractivity contribution in [1.29, 1.82) is 0 Å². The van der Waals surface area contributed by atoms with E-state index in [0.29, 0.717) is 6.54 Å². The third-order valence-electron chi connectivity index (χ3n) is 1.36. The summed E-state index contributed by atoms with van der Waals surface area (Å²) < 4.78 is 0. The fraction of sp³-hybridized carbons (Fsp3) is 0.400. The van der Waals surface area contributed by atoms with Crippen LogP contribution in [0.2, 0.25) is 0 Å². The van der Waals surface area contributed by atoms with Crippen LogP contribution in [-0.4, -0.2) is 24.4 Å². The first kappa shape index (κ1) is 14.6. The van der Waals surface area contributed by atoms with Gasteiger partial charge in [0.15, 0.2) is 0 Å². The van der Waals surface area contributed by atoms with Gasteiger partial charge in [-0.3, -0.25) is 0 Å². The lowest BCUT2D eigenvalue weighted by Gasteiger charge is -1.94. The molecule has 0 saturated carbocycles. The molecular weight excluding hydrogens is 166 g/mol. The molecule has 0 atom stereocenters. The maximum Gasteiger partial charge on any atom is 0.0319 e. The lowest BCUT2D eigenvalue weighted by molar-refractivity contribution is 0.399. The number of benzene rings is 1. The number of aliphatic hydroxyl groups excluding tert-OH is 2. The van der Waals surface area contributed by atoms with Gasteiger partial charge < -0.3 is 15.9 Å². The lowest BCUT2D eigenvalue weighted by atomic mass is 10.2. The molecule has 0 aliphatic rings. The number of aliphatic hydroxyl groups is 2. The molecule has 0 aliphatic heterocycles. The Hall–Kier alpha value is -0.900. The maximum absolute atomic E-state index is 7.00. The van der Waals surface area contributed by atoms with E-state index in [9.17, 15) is 0 Å². The van der Waals surface area contributed by atoms with Crippen molar-refractivity contribution in [3.63, 3.8) is 0 Å². The minimum Gasteiger partial charge on any atom is -0.400 e. The van der Waals surface area contributed by atoms with Crippen molar-refractivity contribution in [2.24, 2.45) is 5.73 Å². The standard InChI is InChI=1S/C8H11N.2CH4O/c1-7-2-4-8(6-9)5-3-7;2*1-2/h2-5H,6,9H2,1H3;2*2H,1H3. The van der Waals surface area contributed by atoms with Crippen LogP contribution in [0.4, 0.5) is 0 Å². The van der Waals surface area contributed by atoms with Crippen molar-refractivity contribution in [2.45, 2.75) is 13.5 Å². The fourth-order valence-corrected chi connectivity index (χ4v) is 0.724. The normalized spacial score (nSPS) is 7.54. The van der Waals surface area contributed by atoms with E-state index in [2.05, 4.69) is 31.2 Å². The summed E-state index contributed by atoms with van der Waals surface area (Å²) >= 11 is 0. The van der Waals surface area contributed by atoms with Crippen LogP contribution in [0.5, 0.6) is 0 Å². The molecule has 3 nitrogen and oxygen atoms in total. The molecule has 1 rings (SSSR count). The summed E-state index contributed by atoms with van der Waals surface area (Å²) in [5.74, 6) is 0. The Bertz CT molecular complexity index is 185. The molecule has 76 valence electrons. The summed E-state index contributed by atoms with van der Waals surface area (Å²) in [6.07, 6.45) is 0. The van der Waals surface area contributed by atoms with Gasteiger partial charge in [-0.2, -0.15) is 0 Å². The Morgan fingerprint density at radius 3 is 1.69 bits per heavy atom. The summed E-state index contributed by atoms with van der Waals surface area (Å²) in [7, 11) is 2.00. The van der Waals surface area contributed by atoms with Gasteiger partial charge in [0.2, 0.25) is 0 Å². The van der Waals surface area contributed by atoms with E-state index in [1.165, 1.54) is 11.1 Å². The van der Waals surface area contributed by atoms with E-state index in [4.69, 9.17) is 15.9 Å². The highest BCUT2D eigenvalue weighted by Gasteiger charge is 1.84. The summed E-state index contributed by atoms with van der Waals surface area (Å²) in [5, 5.41) is 14.0. The summed E-state index contributed by atoms with van der Waals surface area (Å²) in [6.45, 7) is 2.71. The second-order valence-corrected chi connectivity index (χ2v) is 2.19. The van der Waals surface area contributed by atoms with Crippen molar-refractivity contribution < 1.29 is 10.2 Å². The predicted molar refractivity (Wildman–Crippen MR) is 55.4 cm³/mol. The van der Waals surface area contributed by atoms with Crippen LogP contribution < -0.4 is 5.73 Å². The van der Waals surface area contributed by atoms with Crippen LogP contribution in [0.3, 0.4) is 0 Å². The highest BCUT2D eigenvalue weighted by atomic mass is 16.2. The Kier molecular flexibility index (Phi) is 12.5. The molecule has 0 radical (unpaired) electrons. The molecule has 0 saturated heterocycles. The van der Waals surface area contributed by atoms with Gasteiger partial charge in [-0.05, 0) is 12.5 Å². The third kappa shape index (κ3) is 7.46. The van der Waals surface area contributed by atoms with Gasteiger partial charge in [0.1, 0.15) is 0 Å². The van der Waals surface area contributed by atoms with Crippen LogP contribution in [0.25, 0.3) is 0 Å². The molecule has 0 fully saturated rings. The van der Waals surface area contributed by atoms with Crippen LogP contribution in [0.15, 0.2) is 24.3 Å². The number of rotatable bonds is 1. The molecule has 1 aromatic carbocycles. The average Bonchev–Trinajstić information content (AvgIpc) is 2.25. The molecule has 1 aromatic rings. The van der Waals surface area contributed by atoms with Crippen molar-refractivity contribution in [3.05, 3.63) is 35.4 Å². The monoisotopic (exact) mass is 185 g/mol. The van der Waals surface area contributed by atoms with E-state index in [-0.39, 0.29) is 0 Å². The minimum atomic E-state index is 0.639. The van der Waals surface area contributed by atoms with E-state index in [0.717, 1.165) is 14.2 Å². The largest absolute Gasteiger partial charge is 0.400 e. The molecule has 3 heteroatoms. The summed E-state index contributed by atoms with van der Waals surface area (Å²) in [5.41, 5.74) is 7.88. The van der Waals surface area contributed by atoms with E-state index >= 15 is 0 Å². The number of nitrogens with two attached hydrogens (primary N) is 1. The van der Waals surface area contributed by atoms with Crippen LogP contribution in [-0.2, 0) is 6.54 Å². The van der Waals surface area contributed by atoms with E-state index in [1.807, 2.05) is 0 Å². The van der Waals surface area contributed by atoms with E-state index in [1.54, 1.807) is 0 Å². The molecular formula is C10H19NO2. The molecule has 0 spiro atoms. The quantitative estimate of drug-likeness (QED) is 0.602. The Labute approximate surface area is 79.8 Å². The SMILES string of the molecule is CO.CO.Cc1ccc(CN)cc1. The zero-order valence-electron chi connectivity index (χ0n) is 8.49. The molecule has 0 amide bonds. The topological polar surface area (TPSA) is 66.5 Å². The average molecular weight is 185 g/mol. The molecule has 0 unspecified atom stereocenters. The summed E-state index contributed by atoms with van der Waals surface area (Å²) in [4.78, 5) is 0. The Balaban J connectivity index is 0. The van der Waals surface area contributed by atoms with Crippen LogP contribution >= 0.6 is 0 Å². The van der Waals surface area contributed by atoms with Crippen LogP contribution in [0, 0.1) is 6.92 Å². The summed E-state index contributed by atoms with van der Waals surface area (Å²) in [6, 6.07) is 8.25. The number of hydrogen-bond acceptors (Lipinski definition) is 3. The van der Waals surface area contributed by atoms with Gasteiger partial charge in [0, 0.05) is 20.8 Å². The third-order valence-corrected chi connectivity index (χ3v) is 1.36. The molecule has 4 N–H and O–H groups in total. The molecule has 13 heavy (non-hydrogen) atoms. The smallest absolute Gasteiger partial charge is 0.0319 e. The zero-order chi connectivity index (χ0) is 10.7. The zero-order valence-corrected chi connectivity index (χ0v) is 8.49. The van der Waals surface area contributed by atoms with E-state index < -0.39 is 0 Å². The maximum atomic E-state index is 7.00. The first-order chi connectivity index (χ1) is 6.33. The molecule has 0 aliphatic carbocycles. The predicted octanol–water partition coefficient (Wildman–Crippen LogP) is 0.671.